The fourth-order valence-electron chi connectivity index (χ4n) is 0.765. The number of amides is 1. The number of aliphatic carboxylic acids is 1. The number of hydrogen-bond donors (Lipinski definition) is 3. The zero-order chi connectivity index (χ0) is 10.6. The summed E-state index contributed by atoms with van der Waals surface area (Å²) in [5.74, 6) is -1.72. The van der Waals surface area contributed by atoms with Gasteiger partial charge in [0.15, 0.2) is 0 Å². The molecule has 7 heteroatoms. The molecule has 0 aliphatic carbocycles. The molecule has 0 atom stereocenters. The number of nitrogens with zero attached hydrogens (tertiary/aromatic N) is 2. The molecule has 1 amide bonds. The van der Waals surface area contributed by atoms with Crippen LogP contribution in [-0.4, -0.2) is 33.5 Å². The van der Waals surface area contributed by atoms with Gasteiger partial charge in [-0.05, 0) is 0 Å². The Labute approximate surface area is 79.0 Å². The van der Waals surface area contributed by atoms with Gasteiger partial charge in [0.05, 0.1) is 5.56 Å². The highest BCUT2D eigenvalue weighted by molar-refractivity contribution is 5.99. The van der Waals surface area contributed by atoms with E-state index in [1.54, 1.807) is 0 Å². The number of aromatic nitrogens is 2. The molecule has 0 fully saturated rings. The van der Waals surface area contributed by atoms with Gasteiger partial charge in [0.2, 0.25) is 0 Å². The van der Waals surface area contributed by atoms with Gasteiger partial charge in [-0.3, -0.25) is 9.59 Å². The van der Waals surface area contributed by atoms with Crippen LogP contribution in [0.5, 0.6) is 0 Å². The van der Waals surface area contributed by atoms with E-state index >= 15 is 0 Å². The highest BCUT2D eigenvalue weighted by atomic mass is 16.4. The Morgan fingerprint density at radius 1 is 1.57 bits per heavy atom. The number of nitrogens with two attached hydrogens (primary N) is 1. The van der Waals surface area contributed by atoms with Crippen LogP contribution in [0.4, 0.5) is 5.82 Å². The maximum Gasteiger partial charge on any atom is 0.322 e. The predicted molar refractivity (Wildman–Crippen MR) is 46.4 cm³/mol. The largest absolute Gasteiger partial charge is 0.480 e. The van der Waals surface area contributed by atoms with Crippen LogP contribution < -0.4 is 11.1 Å². The van der Waals surface area contributed by atoms with Gasteiger partial charge in [0.25, 0.3) is 5.91 Å². The van der Waals surface area contributed by atoms with Crippen molar-refractivity contribution in [2.75, 3.05) is 12.3 Å². The van der Waals surface area contributed by atoms with Crippen molar-refractivity contribution in [2.24, 2.45) is 0 Å². The van der Waals surface area contributed by atoms with Crippen LogP contribution in [-0.2, 0) is 4.79 Å². The SMILES string of the molecule is Nc1ncncc1C(=O)NCC(=O)O. The standard InChI is InChI=1S/C7H8N4O3/c8-6-4(1-9-3-11-6)7(14)10-2-5(12)13/h1,3H,2H2,(H,10,14)(H,12,13)(H2,8,9,11). The number of carbonyl (C=O) groups excluding carboxylic acids is 1. The Morgan fingerprint density at radius 2 is 2.29 bits per heavy atom. The van der Waals surface area contributed by atoms with Crippen molar-refractivity contribution in [3.8, 4) is 0 Å². The van der Waals surface area contributed by atoms with Gasteiger partial charge in [-0.25, -0.2) is 9.97 Å². The average Bonchev–Trinajstić information content (AvgIpc) is 2.15. The number of rotatable bonds is 3. The number of carboxylic acid groups (broad SMARTS) is 1. The van der Waals surface area contributed by atoms with E-state index < -0.39 is 18.4 Å². The number of anilines is 1. The van der Waals surface area contributed by atoms with Crippen LogP contribution in [0.25, 0.3) is 0 Å². The molecule has 4 N–H and O–H groups in total. The quantitative estimate of drug-likeness (QED) is 0.563. The number of nitrogen functional groups attached to an aromatic ring is 1. The van der Waals surface area contributed by atoms with Crippen molar-refractivity contribution in [3.63, 3.8) is 0 Å². The van der Waals surface area contributed by atoms with Crippen LogP contribution >= 0.6 is 0 Å². The van der Waals surface area contributed by atoms with Gasteiger partial charge < -0.3 is 16.2 Å². The first-order chi connectivity index (χ1) is 6.61. The van der Waals surface area contributed by atoms with Gasteiger partial charge in [-0.1, -0.05) is 0 Å². The van der Waals surface area contributed by atoms with Crippen LogP contribution in [0.1, 0.15) is 10.4 Å². The Hall–Kier alpha value is -2.18. The molecule has 1 heterocycles. The fraction of sp³-hybridized carbons (Fsp3) is 0.143. The fourth-order valence-corrected chi connectivity index (χ4v) is 0.765. The normalized spacial score (nSPS) is 9.43. The molecule has 0 aliphatic heterocycles. The summed E-state index contributed by atoms with van der Waals surface area (Å²) in [5.41, 5.74) is 5.43. The van der Waals surface area contributed by atoms with Gasteiger partial charge in [-0.15, -0.1) is 0 Å². The monoisotopic (exact) mass is 196 g/mol. The van der Waals surface area contributed by atoms with Crippen molar-refractivity contribution in [1.29, 1.82) is 0 Å². The van der Waals surface area contributed by atoms with Crippen molar-refractivity contribution < 1.29 is 14.7 Å². The molecular formula is C7H8N4O3. The Morgan fingerprint density at radius 3 is 2.86 bits per heavy atom. The smallest absolute Gasteiger partial charge is 0.322 e. The first-order valence-electron chi connectivity index (χ1n) is 3.66. The summed E-state index contributed by atoms with van der Waals surface area (Å²) < 4.78 is 0. The number of hydrogen-bond acceptors (Lipinski definition) is 5. The summed E-state index contributed by atoms with van der Waals surface area (Å²) in [5, 5.41) is 10.4. The van der Waals surface area contributed by atoms with Crippen LogP contribution in [0.15, 0.2) is 12.5 Å². The van der Waals surface area contributed by atoms with E-state index in [9.17, 15) is 9.59 Å². The first kappa shape index (κ1) is 9.90. The summed E-state index contributed by atoms with van der Waals surface area (Å²) in [6, 6.07) is 0. The number of carbonyl (C=O) groups is 2. The number of nitrogens with one attached hydrogen (secondary N) is 1. The first-order valence-corrected chi connectivity index (χ1v) is 3.66. The molecule has 74 valence electrons. The lowest BCUT2D eigenvalue weighted by atomic mass is 10.3. The molecular weight excluding hydrogens is 188 g/mol. The molecule has 0 saturated carbocycles. The van der Waals surface area contributed by atoms with Crippen LogP contribution in [0.2, 0.25) is 0 Å². The van der Waals surface area contributed by atoms with Gasteiger partial charge in [0.1, 0.15) is 18.7 Å². The summed E-state index contributed by atoms with van der Waals surface area (Å²) in [6.45, 7) is -0.465. The topological polar surface area (TPSA) is 118 Å². The molecule has 0 saturated heterocycles. The van der Waals surface area contributed by atoms with Crippen molar-refractivity contribution in [3.05, 3.63) is 18.1 Å². The lowest BCUT2D eigenvalue weighted by Gasteiger charge is -2.02. The molecule has 0 aliphatic rings. The van der Waals surface area contributed by atoms with Crippen LogP contribution in [0, 0.1) is 0 Å². The maximum atomic E-state index is 11.2. The summed E-state index contributed by atoms with van der Waals surface area (Å²) in [7, 11) is 0. The lowest BCUT2D eigenvalue weighted by molar-refractivity contribution is -0.135. The predicted octanol–water partition coefficient (Wildman–Crippen LogP) is -1.13. The second kappa shape index (κ2) is 4.17. The second-order valence-corrected chi connectivity index (χ2v) is 2.40. The number of carboxylic acids is 1. The van der Waals surface area contributed by atoms with Gasteiger partial charge in [0, 0.05) is 6.20 Å². The lowest BCUT2D eigenvalue weighted by Crippen LogP contribution is -2.30. The highest BCUT2D eigenvalue weighted by Gasteiger charge is 2.10. The minimum absolute atomic E-state index is 0.0166. The third-order valence-electron chi connectivity index (χ3n) is 1.39. The second-order valence-electron chi connectivity index (χ2n) is 2.40. The molecule has 1 aromatic rings. The Bertz CT molecular complexity index is 366. The maximum absolute atomic E-state index is 11.2. The zero-order valence-corrected chi connectivity index (χ0v) is 7.10. The minimum Gasteiger partial charge on any atom is -0.480 e. The summed E-state index contributed by atoms with van der Waals surface area (Å²) >= 11 is 0. The van der Waals surface area contributed by atoms with E-state index in [1.807, 2.05) is 0 Å². The highest BCUT2D eigenvalue weighted by Crippen LogP contribution is 2.03. The van der Waals surface area contributed by atoms with E-state index in [-0.39, 0.29) is 11.4 Å². The average molecular weight is 196 g/mol. The molecule has 1 rings (SSSR count). The third-order valence-corrected chi connectivity index (χ3v) is 1.39. The van der Waals surface area contributed by atoms with Gasteiger partial charge >= 0.3 is 5.97 Å². The molecule has 0 aromatic carbocycles. The minimum atomic E-state index is -1.13. The third kappa shape index (κ3) is 2.41. The molecule has 0 spiro atoms. The van der Waals surface area contributed by atoms with Crippen molar-refractivity contribution in [1.82, 2.24) is 15.3 Å². The van der Waals surface area contributed by atoms with E-state index in [1.165, 1.54) is 12.5 Å². The molecule has 0 unspecified atom stereocenters. The molecule has 7 nitrogen and oxygen atoms in total. The van der Waals surface area contributed by atoms with Gasteiger partial charge in [-0.2, -0.15) is 0 Å². The van der Waals surface area contributed by atoms with E-state index in [4.69, 9.17) is 10.8 Å². The molecule has 14 heavy (non-hydrogen) atoms. The Balaban J connectivity index is 2.70. The molecule has 0 bridgehead atoms. The van der Waals surface area contributed by atoms with Crippen molar-refractivity contribution in [2.45, 2.75) is 0 Å². The molecule has 0 radical (unpaired) electrons. The molecule has 1 aromatic heterocycles. The van der Waals surface area contributed by atoms with E-state index in [0.29, 0.717) is 0 Å². The van der Waals surface area contributed by atoms with E-state index in [0.717, 1.165) is 0 Å². The zero-order valence-electron chi connectivity index (χ0n) is 7.10. The van der Waals surface area contributed by atoms with E-state index in [2.05, 4.69) is 15.3 Å². The Kier molecular flexibility index (Phi) is 2.95. The summed E-state index contributed by atoms with van der Waals surface area (Å²) in [6.07, 6.45) is 2.42. The van der Waals surface area contributed by atoms with Crippen molar-refractivity contribution >= 4 is 17.7 Å². The summed E-state index contributed by atoms with van der Waals surface area (Å²) in [4.78, 5) is 28.6. The van der Waals surface area contributed by atoms with Crippen LogP contribution in [0.3, 0.4) is 0 Å².